The maximum atomic E-state index is 12.3. The van der Waals surface area contributed by atoms with E-state index in [2.05, 4.69) is 15.9 Å². The molecule has 0 aliphatic carbocycles. The highest BCUT2D eigenvalue weighted by Gasteiger charge is 2.16. The van der Waals surface area contributed by atoms with Gasteiger partial charge in [0.15, 0.2) is 5.78 Å². The predicted molar refractivity (Wildman–Crippen MR) is 80.1 cm³/mol. The number of hydrogen-bond donors (Lipinski definition) is 1. The van der Waals surface area contributed by atoms with Crippen molar-refractivity contribution in [3.63, 3.8) is 0 Å². The van der Waals surface area contributed by atoms with Crippen LogP contribution in [0.15, 0.2) is 53.0 Å². The summed E-state index contributed by atoms with van der Waals surface area (Å²) < 4.78 is 0.905. The third kappa shape index (κ3) is 3.14. The van der Waals surface area contributed by atoms with E-state index in [1.165, 1.54) is 0 Å². The Morgan fingerprint density at radius 1 is 1.05 bits per heavy atom. The molecule has 0 fully saturated rings. The van der Waals surface area contributed by atoms with Crippen LogP contribution in [0, 0.1) is 0 Å². The highest BCUT2D eigenvalue weighted by atomic mass is 79.9. The first kappa shape index (κ1) is 14.5. The van der Waals surface area contributed by atoms with E-state index in [0.717, 1.165) is 4.47 Å². The van der Waals surface area contributed by atoms with Crippen LogP contribution < -0.4 is 0 Å². The maximum Gasteiger partial charge on any atom is 0.310 e. The first-order valence-electron chi connectivity index (χ1n) is 6.12. The molecule has 0 aliphatic heterocycles. The van der Waals surface area contributed by atoms with Crippen LogP contribution in [-0.2, 0) is 4.79 Å². The zero-order chi connectivity index (χ0) is 14.7. The fourth-order valence-corrected chi connectivity index (χ4v) is 2.12. The summed E-state index contributed by atoms with van der Waals surface area (Å²) in [6, 6.07) is 13.8. The SMILES string of the molecule is CC(C(=O)O)c1cccc(C(=O)c2ccc(Br)cc2)c1. The molecule has 1 unspecified atom stereocenters. The molecule has 2 rings (SSSR count). The Balaban J connectivity index is 2.33. The summed E-state index contributed by atoms with van der Waals surface area (Å²) in [5.41, 5.74) is 1.70. The Labute approximate surface area is 125 Å². The van der Waals surface area contributed by atoms with Gasteiger partial charge in [-0.05, 0) is 42.8 Å². The molecule has 2 aromatic rings. The van der Waals surface area contributed by atoms with Gasteiger partial charge in [0.2, 0.25) is 0 Å². The van der Waals surface area contributed by atoms with Crippen molar-refractivity contribution in [3.05, 3.63) is 69.7 Å². The van der Waals surface area contributed by atoms with Gasteiger partial charge in [0.1, 0.15) is 0 Å². The summed E-state index contributed by atoms with van der Waals surface area (Å²) in [5.74, 6) is -1.65. The van der Waals surface area contributed by atoms with Gasteiger partial charge in [-0.2, -0.15) is 0 Å². The summed E-state index contributed by atoms with van der Waals surface area (Å²) in [4.78, 5) is 23.3. The average molecular weight is 333 g/mol. The second kappa shape index (κ2) is 6.01. The molecule has 0 aromatic heterocycles. The number of carbonyl (C=O) groups is 2. The lowest BCUT2D eigenvalue weighted by molar-refractivity contribution is -0.138. The molecule has 1 atom stereocenters. The first-order valence-corrected chi connectivity index (χ1v) is 6.91. The number of benzene rings is 2. The van der Waals surface area contributed by atoms with Crippen LogP contribution in [-0.4, -0.2) is 16.9 Å². The Bertz CT molecular complexity index is 647. The van der Waals surface area contributed by atoms with Gasteiger partial charge in [0, 0.05) is 15.6 Å². The van der Waals surface area contributed by atoms with E-state index in [4.69, 9.17) is 5.11 Å². The summed E-state index contributed by atoms with van der Waals surface area (Å²) in [6.07, 6.45) is 0. The van der Waals surface area contributed by atoms with Gasteiger partial charge in [-0.3, -0.25) is 9.59 Å². The number of halogens is 1. The van der Waals surface area contributed by atoms with Gasteiger partial charge in [-0.25, -0.2) is 0 Å². The quantitative estimate of drug-likeness (QED) is 0.864. The molecular formula is C16H13BrO3. The van der Waals surface area contributed by atoms with Crippen LogP contribution in [0.1, 0.15) is 34.3 Å². The molecule has 102 valence electrons. The van der Waals surface area contributed by atoms with E-state index in [9.17, 15) is 9.59 Å². The fourth-order valence-electron chi connectivity index (χ4n) is 1.86. The molecule has 0 radical (unpaired) electrons. The number of carboxylic acids is 1. The van der Waals surface area contributed by atoms with Crippen LogP contribution in [0.4, 0.5) is 0 Å². The van der Waals surface area contributed by atoms with E-state index in [0.29, 0.717) is 16.7 Å². The smallest absolute Gasteiger partial charge is 0.310 e. The van der Waals surface area contributed by atoms with Gasteiger partial charge >= 0.3 is 5.97 Å². The molecule has 20 heavy (non-hydrogen) atoms. The van der Waals surface area contributed by atoms with Crippen LogP contribution in [0.2, 0.25) is 0 Å². The highest BCUT2D eigenvalue weighted by molar-refractivity contribution is 9.10. The molecule has 0 saturated carbocycles. The van der Waals surface area contributed by atoms with Crippen molar-refractivity contribution >= 4 is 27.7 Å². The fraction of sp³-hybridized carbons (Fsp3) is 0.125. The van der Waals surface area contributed by atoms with E-state index < -0.39 is 11.9 Å². The van der Waals surface area contributed by atoms with E-state index >= 15 is 0 Å². The van der Waals surface area contributed by atoms with Crippen molar-refractivity contribution in [1.29, 1.82) is 0 Å². The van der Waals surface area contributed by atoms with E-state index in [1.807, 2.05) is 0 Å². The molecular weight excluding hydrogens is 320 g/mol. The van der Waals surface area contributed by atoms with Crippen LogP contribution in [0.25, 0.3) is 0 Å². The van der Waals surface area contributed by atoms with Crippen molar-refractivity contribution in [1.82, 2.24) is 0 Å². The van der Waals surface area contributed by atoms with Crippen molar-refractivity contribution in [3.8, 4) is 0 Å². The number of ketones is 1. The number of hydrogen-bond acceptors (Lipinski definition) is 2. The van der Waals surface area contributed by atoms with Crippen molar-refractivity contribution in [2.45, 2.75) is 12.8 Å². The molecule has 0 spiro atoms. The lowest BCUT2D eigenvalue weighted by atomic mass is 9.96. The lowest BCUT2D eigenvalue weighted by Crippen LogP contribution is -2.09. The summed E-state index contributed by atoms with van der Waals surface area (Å²) in [7, 11) is 0. The largest absolute Gasteiger partial charge is 0.481 e. The maximum absolute atomic E-state index is 12.3. The molecule has 0 aliphatic rings. The van der Waals surface area contributed by atoms with Crippen LogP contribution in [0.5, 0.6) is 0 Å². The molecule has 1 N–H and O–H groups in total. The molecule has 0 saturated heterocycles. The second-order valence-corrected chi connectivity index (χ2v) is 5.44. The van der Waals surface area contributed by atoms with Crippen molar-refractivity contribution in [2.24, 2.45) is 0 Å². The number of carbonyl (C=O) groups excluding carboxylic acids is 1. The summed E-state index contributed by atoms with van der Waals surface area (Å²) in [5, 5.41) is 9.02. The topological polar surface area (TPSA) is 54.4 Å². The normalized spacial score (nSPS) is 11.9. The minimum Gasteiger partial charge on any atom is -0.481 e. The Hall–Kier alpha value is -1.94. The van der Waals surface area contributed by atoms with Gasteiger partial charge in [0.05, 0.1) is 5.92 Å². The number of carboxylic acid groups (broad SMARTS) is 1. The van der Waals surface area contributed by atoms with E-state index in [1.54, 1.807) is 55.5 Å². The molecule has 4 heteroatoms. The third-order valence-corrected chi connectivity index (χ3v) is 3.65. The first-order chi connectivity index (χ1) is 9.49. The van der Waals surface area contributed by atoms with Crippen molar-refractivity contribution in [2.75, 3.05) is 0 Å². The molecule has 2 aromatic carbocycles. The summed E-state index contributed by atoms with van der Waals surface area (Å²) >= 11 is 3.32. The van der Waals surface area contributed by atoms with E-state index in [-0.39, 0.29) is 5.78 Å². The summed E-state index contributed by atoms with van der Waals surface area (Å²) in [6.45, 7) is 1.60. The molecule has 3 nitrogen and oxygen atoms in total. The zero-order valence-corrected chi connectivity index (χ0v) is 12.4. The van der Waals surface area contributed by atoms with Gasteiger partial charge < -0.3 is 5.11 Å². The Morgan fingerprint density at radius 2 is 1.70 bits per heavy atom. The van der Waals surface area contributed by atoms with Crippen LogP contribution in [0.3, 0.4) is 0 Å². The number of rotatable bonds is 4. The predicted octanol–water partition coefficient (Wildman–Crippen LogP) is 3.87. The standard InChI is InChI=1S/C16H13BrO3/c1-10(16(19)20)12-3-2-4-13(9-12)15(18)11-5-7-14(17)8-6-11/h2-10H,1H3,(H,19,20). The molecule has 0 amide bonds. The second-order valence-electron chi connectivity index (χ2n) is 4.52. The minimum absolute atomic E-state index is 0.114. The highest BCUT2D eigenvalue weighted by Crippen LogP contribution is 2.19. The van der Waals surface area contributed by atoms with Gasteiger partial charge in [-0.15, -0.1) is 0 Å². The minimum atomic E-state index is -0.904. The average Bonchev–Trinajstić information content (AvgIpc) is 2.46. The van der Waals surface area contributed by atoms with Crippen molar-refractivity contribution < 1.29 is 14.7 Å². The molecule has 0 bridgehead atoms. The Kier molecular flexibility index (Phi) is 4.35. The third-order valence-electron chi connectivity index (χ3n) is 3.13. The molecule has 0 heterocycles. The monoisotopic (exact) mass is 332 g/mol. The zero-order valence-electron chi connectivity index (χ0n) is 10.8. The lowest BCUT2D eigenvalue weighted by Gasteiger charge is -2.08. The Morgan fingerprint density at radius 3 is 2.30 bits per heavy atom. The van der Waals surface area contributed by atoms with Crippen LogP contribution >= 0.6 is 15.9 Å². The van der Waals surface area contributed by atoms with Gasteiger partial charge in [-0.1, -0.05) is 34.1 Å². The van der Waals surface area contributed by atoms with Gasteiger partial charge in [0.25, 0.3) is 0 Å². The number of aliphatic carboxylic acids is 1.